The highest BCUT2D eigenvalue weighted by molar-refractivity contribution is 9.10. The number of rotatable bonds is 4. The Morgan fingerprint density at radius 2 is 2.29 bits per heavy atom. The average molecular weight is 300 g/mol. The van der Waals surface area contributed by atoms with Crippen molar-refractivity contribution in [3.63, 3.8) is 0 Å². The molecule has 90 valence electrons. The number of carbonyl (C=O) groups excluding carboxylic acids is 1. The first kappa shape index (κ1) is 13.4. The molecule has 0 amide bonds. The van der Waals surface area contributed by atoms with Gasteiger partial charge < -0.3 is 4.74 Å². The maximum absolute atomic E-state index is 11.1. The Hall–Kier alpha value is -1.69. The van der Waals surface area contributed by atoms with Crippen LogP contribution >= 0.6 is 15.9 Å². The minimum absolute atomic E-state index is 0.0695. The van der Waals surface area contributed by atoms with E-state index in [1.54, 1.807) is 19.1 Å². The van der Waals surface area contributed by atoms with Crippen LogP contribution in [0.2, 0.25) is 0 Å². The number of hydrogen-bond donors (Lipinski definition) is 0. The fraction of sp³-hybridized carbons (Fsp3) is 0.182. The van der Waals surface area contributed by atoms with Gasteiger partial charge in [-0.25, -0.2) is 4.79 Å². The number of hydrogen-bond acceptors (Lipinski definition) is 4. The Morgan fingerprint density at radius 3 is 2.88 bits per heavy atom. The molecule has 0 fully saturated rings. The smallest absolute Gasteiger partial charge is 0.330 e. The predicted molar refractivity (Wildman–Crippen MR) is 66.5 cm³/mol. The summed E-state index contributed by atoms with van der Waals surface area (Å²) in [4.78, 5) is 21.4. The first-order chi connectivity index (χ1) is 8.04. The fourth-order valence-corrected chi connectivity index (χ4v) is 1.51. The molecule has 17 heavy (non-hydrogen) atoms. The first-order valence-electron chi connectivity index (χ1n) is 4.83. The summed E-state index contributed by atoms with van der Waals surface area (Å²) < 4.78 is 5.29. The lowest BCUT2D eigenvalue weighted by molar-refractivity contribution is -0.385. The van der Waals surface area contributed by atoms with Crippen LogP contribution in [0.4, 0.5) is 5.69 Å². The van der Waals surface area contributed by atoms with Crippen LogP contribution in [0, 0.1) is 10.1 Å². The largest absolute Gasteiger partial charge is 0.463 e. The van der Waals surface area contributed by atoms with Crippen molar-refractivity contribution in [2.75, 3.05) is 6.61 Å². The number of benzene rings is 1. The average Bonchev–Trinajstić information content (AvgIpc) is 2.27. The Balaban J connectivity index is 2.98. The van der Waals surface area contributed by atoms with Crippen LogP contribution in [-0.4, -0.2) is 17.5 Å². The van der Waals surface area contributed by atoms with E-state index < -0.39 is 10.9 Å². The first-order valence-corrected chi connectivity index (χ1v) is 5.62. The van der Waals surface area contributed by atoms with Crippen molar-refractivity contribution in [2.24, 2.45) is 0 Å². The van der Waals surface area contributed by atoms with E-state index in [0.717, 1.165) is 0 Å². The zero-order valence-corrected chi connectivity index (χ0v) is 10.6. The molecule has 0 spiro atoms. The van der Waals surface area contributed by atoms with Crippen LogP contribution in [0.3, 0.4) is 0 Å². The Kier molecular flexibility index (Phi) is 4.84. The molecule has 0 aromatic heterocycles. The second-order valence-corrected chi connectivity index (χ2v) is 3.96. The topological polar surface area (TPSA) is 69.4 Å². The van der Waals surface area contributed by atoms with Gasteiger partial charge in [-0.3, -0.25) is 10.1 Å². The van der Waals surface area contributed by atoms with Crippen molar-refractivity contribution in [2.45, 2.75) is 6.92 Å². The monoisotopic (exact) mass is 299 g/mol. The molecule has 0 aliphatic carbocycles. The predicted octanol–water partition coefficient (Wildman–Crippen LogP) is 2.93. The van der Waals surface area contributed by atoms with Gasteiger partial charge in [0.05, 0.1) is 17.1 Å². The summed E-state index contributed by atoms with van der Waals surface area (Å²) in [6.45, 7) is 1.96. The Morgan fingerprint density at radius 1 is 1.59 bits per heavy atom. The molecular weight excluding hydrogens is 290 g/mol. The molecule has 1 aromatic rings. The van der Waals surface area contributed by atoms with Crippen molar-refractivity contribution < 1.29 is 14.5 Å². The molecule has 1 aromatic carbocycles. The third-order valence-corrected chi connectivity index (χ3v) is 2.37. The third kappa shape index (κ3) is 3.99. The van der Waals surface area contributed by atoms with Gasteiger partial charge in [0.1, 0.15) is 0 Å². The van der Waals surface area contributed by atoms with Gasteiger partial charge in [0.2, 0.25) is 0 Å². The number of esters is 1. The van der Waals surface area contributed by atoms with Crippen LogP contribution in [-0.2, 0) is 9.53 Å². The van der Waals surface area contributed by atoms with Crippen LogP contribution in [0.15, 0.2) is 28.7 Å². The van der Waals surface area contributed by atoms with E-state index in [4.69, 9.17) is 0 Å². The number of ether oxygens (including phenoxy) is 1. The van der Waals surface area contributed by atoms with Crippen molar-refractivity contribution in [1.82, 2.24) is 0 Å². The highest BCUT2D eigenvalue weighted by Gasteiger charge is 2.11. The van der Waals surface area contributed by atoms with E-state index in [1.807, 2.05) is 0 Å². The molecule has 1 rings (SSSR count). The minimum Gasteiger partial charge on any atom is -0.463 e. The maximum Gasteiger partial charge on any atom is 0.330 e. The van der Waals surface area contributed by atoms with E-state index in [2.05, 4.69) is 20.7 Å². The fourth-order valence-electron chi connectivity index (χ4n) is 1.16. The van der Waals surface area contributed by atoms with E-state index in [0.29, 0.717) is 10.0 Å². The van der Waals surface area contributed by atoms with Gasteiger partial charge in [-0.15, -0.1) is 0 Å². The van der Waals surface area contributed by atoms with E-state index in [-0.39, 0.29) is 12.3 Å². The maximum atomic E-state index is 11.1. The molecule has 0 saturated heterocycles. The second-order valence-electron chi connectivity index (χ2n) is 3.05. The lowest BCUT2D eigenvalue weighted by Gasteiger charge is -1.98. The zero-order valence-electron chi connectivity index (χ0n) is 9.05. The van der Waals surface area contributed by atoms with Crippen molar-refractivity contribution >= 4 is 33.7 Å². The van der Waals surface area contributed by atoms with Crippen LogP contribution < -0.4 is 0 Å². The molecule has 0 aliphatic rings. The SMILES string of the molecule is CCOC(=O)C=Cc1ccc(Br)cc1[N+](=O)[O-]. The summed E-state index contributed by atoms with van der Waals surface area (Å²) in [5, 5.41) is 10.8. The number of nitrogens with zero attached hydrogens (tertiary/aromatic N) is 1. The lowest BCUT2D eigenvalue weighted by Crippen LogP contribution is -1.99. The molecule has 0 atom stereocenters. The number of nitro groups is 1. The van der Waals surface area contributed by atoms with Crippen LogP contribution in [0.25, 0.3) is 6.08 Å². The molecule has 0 radical (unpaired) electrons. The van der Waals surface area contributed by atoms with Crippen LogP contribution in [0.1, 0.15) is 12.5 Å². The van der Waals surface area contributed by atoms with Gasteiger partial charge in [0, 0.05) is 16.6 Å². The molecular formula is C11H10BrNO4. The summed E-state index contributed by atoms with van der Waals surface area (Å²) in [6, 6.07) is 4.60. The number of carbonyl (C=O) groups is 1. The van der Waals surface area contributed by atoms with Crippen molar-refractivity contribution in [3.8, 4) is 0 Å². The molecule has 6 heteroatoms. The summed E-state index contributed by atoms with van der Waals surface area (Å²) in [7, 11) is 0. The summed E-state index contributed by atoms with van der Waals surface area (Å²) >= 11 is 3.15. The van der Waals surface area contributed by atoms with Gasteiger partial charge in [0.15, 0.2) is 0 Å². The molecule has 0 aliphatic heterocycles. The minimum atomic E-state index is -0.523. The Bertz CT molecular complexity index is 471. The summed E-state index contributed by atoms with van der Waals surface area (Å²) in [5.41, 5.74) is 0.283. The number of halogens is 1. The normalized spacial score (nSPS) is 10.5. The highest BCUT2D eigenvalue weighted by Crippen LogP contribution is 2.24. The van der Waals surface area contributed by atoms with Gasteiger partial charge in [-0.1, -0.05) is 15.9 Å². The van der Waals surface area contributed by atoms with Gasteiger partial charge >= 0.3 is 5.97 Å². The molecule has 0 unspecified atom stereocenters. The highest BCUT2D eigenvalue weighted by atomic mass is 79.9. The molecule has 0 heterocycles. The van der Waals surface area contributed by atoms with Gasteiger partial charge in [-0.05, 0) is 25.1 Å². The van der Waals surface area contributed by atoms with E-state index >= 15 is 0 Å². The summed E-state index contributed by atoms with van der Waals surface area (Å²) in [6.07, 6.45) is 2.53. The zero-order chi connectivity index (χ0) is 12.8. The molecule has 0 N–H and O–H groups in total. The number of nitro benzene ring substituents is 1. The second kappa shape index (κ2) is 6.15. The van der Waals surface area contributed by atoms with Crippen LogP contribution in [0.5, 0.6) is 0 Å². The van der Waals surface area contributed by atoms with Gasteiger partial charge in [0.25, 0.3) is 5.69 Å². The molecule has 0 bridgehead atoms. The lowest BCUT2D eigenvalue weighted by atomic mass is 10.1. The Labute approximate surface area is 106 Å². The molecule has 0 saturated carbocycles. The quantitative estimate of drug-likeness (QED) is 0.371. The van der Waals surface area contributed by atoms with E-state index in [1.165, 1.54) is 18.2 Å². The van der Waals surface area contributed by atoms with E-state index in [9.17, 15) is 14.9 Å². The summed E-state index contributed by atoms with van der Waals surface area (Å²) in [5.74, 6) is -0.523. The molecule has 5 nitrogen and oxygen atoms in total. The van der Waals surface area contributed by atoms with Crippen molar-refractivity contribution in [1.29, 1.82) is 0 Å². The standard InChI is InChI=1S/C11H10BrNO4/c1-2-17-11(14)6-4-8-3-5-9(12)7-10(8)13(15)16/h3-7H,2H2,1H3. The van der Waals surface area contributed by atoms with Gasteiger partial charge in [-0.2, -0.15) is 0 Å². The van der Waals surface area contributed by atoms with Crippen molar-refractivity contribution in [3.05, 3.63) is 44.4 Å². The third-order valence-electron chi connectivity index (χ3n) is 1.87.